The smallest absolute Gasteiger partial charge is 0.311 e. The zero-order valence-corrected chi connectivity index (χ0v) is 15.5. The predicted molar refractivity (Wildman–Crippen MR) is 101 cm³/mol. The summed E-state index contributed by atoms with van der Waals surface area (Å²) in [4.78, 5) is 24.5. The van der Waals surface area contributed by atoms with Crippen LogP contribution in [0.4, 0.5) is 0 Å². The Morgan fingerprint density at radius 2 is 1.92 bits per heavy atom. The van der Waals surface area contributed by atoms with Gasteiger partial charge in [-0.25, -0.2) is 0 Å². The van der Waals surface area contributed by atoms with Crippen molar-refractivity contribution in [3.05, 3.63) is 70.2 Å². The fourth-order valence-electron chi connectivity index (χ4n) is 3.25. The molecule has 0 fully saturated rings. The number of ether oxygens (including phenoxy) is 1. The van der Waals surface area contributed by atoms with E-state index in [4.69, 9.17) is 16.3 Å². The van der Waals surface area contributed by atoms with Crippen LogP contribution in [-0.2, 0) is 27.2 Å². The molecule has 2 atom stereocenters. The van der Waals surface area contributed by atoms with Gasteiger partial charge in [0.05, 0.1) is 12.5 Å². The number of amides is 1. The van der Waals surface area contributed by atoms with E-state index in [2.05, 4.69) is 17.4 Å². The Morgan fingerprint density at radius 1 is 1.19 bits per heavy atom. The summed E-state index contributed by atoms with van der Waals surface area (Å²) in [7, 11) is 0. The number of esters is 1. The third kappa shape index (κ3) is 4.64. The summed E-state index contributed by atoms with van der Waals surface area (Å²) < 4.78 is 5.29. The van der Waals surface area contributed by atoms with Crippen LogP contribution in [0.15, 0.2) is 48.5 Å². The van der Waals surface area contributed by atoms with Gasteiger partial charge < -0.3 is 10.1 Å². The Labute approximate surface area is 158 Å². The van der Waals surface area contributed by atoms with Gasteiger partial charge >= 0.3 is 5.97 Å². The third-order valence-corrected chi connectivity index (χ3v) is 4.88. The fourth-order valence-corrected chi connectivity index (χ4v) is 3.38. The summed E-state index contributed by atoms with van der Waals surface area (Å²) in [5.41, 5.74) is 3.23. The second-order valence-electron chi connectivity index (χ2n) is 6.59. The number of carbonyl (C=O) groups excluding carboxylic acids is 2. The van der Waals surface area contributed by atoms with E-state index in [1.807, 2.05) is 12.1 Å². The van der Waals surface area contributed by atoms with Crippen molar-refractivity contribution >= 4 is 23.5 Å². The van der Waals surface area contributed by atoms with Crippen LogP contribution in [0.1, 0.15) is 42.5 Å². The van der Waals surface area contributed by atoms with Gasteiger partial charge in [0.1, 0.15) is 0 Å². The molecular weight excluding hydrogens is 350 g/mol. The number of aryl methyl sites for hydroxylation is 1. The Balaban J connectivity index is 1.55. The molecule has 3 rings (SSSR count). The van der Waals surface area contributed by atoms with Crippen LogP contribution in [0, 0.1) is 0 Å². The van der Waals surface area contributed by atoms with Crippen molar-refractivity contribution in [2.45, 2.75) is 44.8 Å². The average molecular weight is 372 g/mol. The molecule has 0 spiro atoms. The highest BCUT2D eigenvalue weighted by Gasteiger charge is 2.25. The summed E-state index contributed by atoms with van der Waals surface area (Å²) in [6, 6.07) is 15.1. The van der Waals surface area contributed by atoms with Crippen molar-refractivity contribution in [3.8, 4) is 0 Å². The number of hydrogen-bond donors (Lipinski definition) is 1. The summed E-state index contributed by atoms with van der Waals surface area (Å²) in [6.45, 7) is 1.60. The molecule has 0 heterocycles. The van der Waals surface area contributed by atoms with Crippen LogP contribution in [-0.4, -0.2) is 18.0 Å². The van der Waals surface area contributed by atoms with Crippen LogP contribution in [0.2, 0.25) is 5.02 Å². The minimum atomic E-state index is -0.830. The van der Waals surface area contributed by atoms with Gasteiger partial charge in [-0.3, -0.25) is 9.59 Å². The lowest BCUT2D eigenvalue weighted by molar-refractivity contribution is -0.154. The minimum Gasteiger partial charge on any atom is -0.452 e. The second kappa shape index (κ2) is 8.37. The van der Waals surface area contributed by atoms with E-state index < -0.39 is 12.1 Å². The molecule has 0 saturated heterocycles. The fraction of sp³-hybridized carbons (Fsp3) is 0.333. The first kappa shape index (κ1) is 18.5. The van der Waals surface area contributed by atoms with Gasteiger partial charge in [-0.05, 0) is 55.0 Å². The van der Waals surface area contributed by atoms with Crippen molar-refractivity contribution in [2.75, 3.05) is 0 Å². The van der Waals surface area contributed by atoms with Gasteiger partial charge in [0, 0.05) is 5.02 Å². The molecule has 0 aliphatic heterocycles. The molecule has 1 aliphatic rings. The van der Waals surface area contributed by atoms with Gasteiger partial charge in [-0.2, -0.15) is 0 Å². The van der Waals surface area contributed by atoms with E-state index in [0.717, 1.165) is 30.4 Å². The molecule has 1 N–H and O–H groups in total. The molecule has 0 unspecified atom stereocenters. The van der Waals surface area contributed by atoms with Crippen LogP contribution in [0.3, 0.4) is 0 Å². The zero-order chi connectivity index (χ0) is 18.5. The summed E-state index contributed by atoms with van der Waals surface area (Å²) in [5, 5.41) is 3.63. The molecule has 2 aromatic carbocycles. The van der Waals surface area contributed by atoms with Crippen molar-refractivity contribution in [2.24, 2.45) is 0 Å². The molecule has 136 valence electrons. The molecule has 26 heavy (non-hydrogen) atoms. The molecule has 1 aliphatic carbocycles. The van der Waals surface area contributed by atoms with Crippen molar-refractivity contribution < 1.29 is 14.3 Å². The van der Waals surface area contributed by atoms with Gasteiger partial charge in [0.15, 0.2) is 6.10 Å². The van der Waals surface area contributed by atoms with Crippen LogP contribution in [0.5, 0.6) is 0 Å². The number of hydrogen-bond acceptors (Lipinski definition) is 3. The quantitative estimate of drug-likeness (QED) is 0.808. The van der Waals surface area contributed by atoms with E-state index in [9.17, 15) is 9.59 Å². The molecular formula is C21H22ClNO3. The summed E-state index contributed by atoms with van der Waals surface area (Å²) >= 11 is 5.83. The second-order valence-corrected chi connectivity index (χ2v) is 7.02. The van der Waals surface area contributed by atoms with Crippen molar-refractivity contribution in [1.82, 2.24) is 5.32 Å². The third-order valence-electron chi connectivity index (χ3n) is 4.63. The van der Waals surface area contributed by atoms with Crippen LogP contribution >= 0.6 is 11.6 Å². The van der Waals surface area contributed by atoms with Gasteiger partial charge in [-0.15, -0.1) is 0 Å². The van der Waals surface area contributed by atoms with E-state index in [1.54, 1.807) is 31.2 Å². The lowest BCUT2D eigenvalue weighted by Gasteiger charge is -2.27. The highest BCUT2D eigenvalue weighted by Crippen LogP contribution is 2.29. The van der Waals surface area contributed by atoms with Crippen LogP contribution < -0.4 is 5.32 Å². The topological polar surface area (TPSA) is 55.4 Å². The molecule has 2 aromatic rings. The number of nitrogens with one attached hydrogen (secondary N) is 1. The molecule has 4 nitrogen and oxygen atoms in total. The molecule has 1 amide bonds. The Bertz CT molecular complexity index is 788. The maximum atomic E-state index is 12.4. The minimum absolute atomic E-state index is 0.0233. The first-order valence-corrected chi connectivity index (χ1v) is 9.23. The SMILES string of the molecule is C[C@H](OC(=O)Cc1ccc(Cl)cc1)C(=O)N[C@@H]1CCCc2ccccc21. The summed E-state index contributed by atoms with van der Waals surface area (Å²) in [5.74, 6) is -0.699. The monoisotopic (exact) mass is 371 g/mol. The highest BCUT2D eigenvalue weighted by molar-refractivity contribution is 6.30. The number of benzene rings is 2. The largest absolute Gasteiger partial charge is 0.452 e. The van der Waals surface area contributed by atoms with E-state index in [-0.39, 0.29) is 18.4 Å². The van der Waals surface area contributed by atoms with Crippen molar-refractivity contribution in [3.63, 3.8) is 0 Å². The van der Waals surface area contributed by atoms with Gasteiger partial charge in [0.2, 0.25) is 0 Å². The van der Waals surface area contributed by atoms with Crippen molar-refractivity contribution in [1.29, 1.82) is 0 Å². The zero-order valence-electron chi connectivity index (χ0n) is 14.7. The van der Waals surface area contributed by atoms with Gasteiger partial charge in [-0.1, -0.05) is 48.0 Å². The summed E-state index contributed by atoms with van der Waals surface area (Å²) in [6.07, 6.45) is 2.25. The number of fused-ring (bicyclic) bond motifs is 1. The maximum Gasteiger partial charge on any atom is 0.311 e. The standard InChI is InChI=1S/C21H22ClNO3/c1-14(26-20(24)13-15-9-11-17(22)12-10-15)21(25)23-19-8-4-6-16-5-2-3-7-18(16)19/h2-3,5,7,9-12,14,19H,4,6,8,13H2,1H3,(H,23,25)/t14-,19+/m0/s1. The Hall–Kier alpha value is -2.33. The number of rotatable bonds is 5. The first-order chi connectivity index (χ1) is 12.5. The Morgan fingerprint density at radius 3 is 2.69 bits per heavy atom. The van der Waals surface area contributed by atoms with E-state index in [1.165, 1.54) is 5.56 Å². The maximum absolute atomic E-state index is 12.4. The predicted octanol–water partition coefficient (Wildman–Crippen LogP) is 4.01. The lowest BCUT2D eigenvalue weighted by atomic mass is 9.87. The Kier molecular flexibility index (Phi) is 5.94. The average Bonchev–Trinajstić information content (AvgIpc) is 2.64. The van der Waals surface area contributed by atoms with E-state index >= 15 is 0 Å². The highest BCUT2D eigenvalue weighted by atomic mass is 35.5. The van der Waals surface area contributed by atoms with E-state index in [0.29, 0.717) is 5.02 Å². The molecule has 0 saturated carbocycles. The van der Waals surface area contributed by atoms with Gasteiger partial charge in [0.25, 0.3) is 5.91 Å². The lowest BCUT2D eigenvalue weighted by Crippen LogP contribution is -2.39. The molecule has 0 radical (unpaired) electrons. The molecule has 5 heteroatoms. The molecule has 0 aromatic heterocycles. The normalized spacial score (nSPS) is 17.1. The number of halogens is 1. The van der Waals surface area contributed by atoms with Crippen LogP contribution in [0.25, 0.3) is 0 Å². The number of carbonyl (C=O) groups is 2. The molecule has 0 bridgehead atoms. The first-order valence-electron chi connectivity index (χ1n) is 8.85.